The van der Waals surface area contributed by atoms with Gasteiger partial charge in [-0.2, -0.15) is 4.99 Å². The molecule has 0 aromatic heterocycles. The van der Waals surface area contributed by atoms with Gasteiger partial charge in [-0.15, -0.1) is 0 Å². The number of hydrogen-bond donors (Lipinski definition) is 0. The first kappa shape index (κ1) is 19.3. The van der Waals surface area contributed by atoms with Crippen LogP contribution in [0.1, 0.15) is 10.4 Å². The topological polar surface area (TPSA) is 76.0 Å². The lowest BCUT2D eigenvalue weighted by molar-refractivity contribution is 0.100. The molecule has 2 unspecified atom stereocenters. The number of fused-ring (bicyclic) bond motifs is 1. The summed E-state index contributed by atoms with van der Waals surface area (Å²) in [5.41, 5.74) is 1.16. The van der Waals surface area contributed by atoms with Gasteiger partial charge in [-0.25, -0.2) is 8.42 Å². The molecule has 4 rings (SSSR count). The van der Waals surface area contributed by atoms with Crippen molar-refractivity contribution in [1.29, 1.82) is 0 Å². The maximum atomic E-state index is 12.6. The SMILES string of the molecule is COc1ccc(N2C(=NC(=O)c3ccccc3)SC3CS(=O)(=O)CC32)cc1Cl. The fourth-order valence-electron chi connectivity index (χ4n) is 3.40. The number of amides is 1. The number of aliphatic imine (C=N–C) groups is 1. The summed E-state index contributed by atoms with van der Waals surface area (Å²) in [7, 11) is -1.61. The molecule has 2 heterocycles. The second-order valence-electron chi connectivity index (χ2n) is 6.55. The maximum absolute atomic E-state index is 12.6. The fourth-order valence-corrected chi connectivity index (χ4v) is 7.57. The van der Waals surface area contributed by atoms with Gasteiger partial charge in [-0.05, 0) is 30.3 Å². The molecule has 1 amide bonds. The summed E-state index contributed by atoms with van der Waals surface area (Å²) in [5.74, 6) is 0.246. The summed E-state index contributed by atoms with van der Waals surface area (Å²) in [6, 6.07) is 13.7. The minimum Gasteiger partial charge on any atom is -0.495 e. The van der Waals surface area contributed by atoms with E-state index in [0.29, 0.717) is 27.2 Å². The van der Waals surface area contributed by atoms with Crippen LogP contribution < -0.4 is 9.64 Å². The van der Waals surface area contributed by atoms with E-state index in [1.807, 2.05) is 11.0 Å². The van der Waals surface area contributed by atoms with Gasteiger partial charge in [0.2, 0.25) is 0 Å². The molecule has 0 spiro atoms. The van der Waals surface area contributed by atoms with E-state index < -0.39 is 9.84 Å². The van der Waals surface area contributed by atoms with Crippen LogP contribution in [0.4, 0.5) is 5.69 Å². The number of sulfone groups is 1. The van der Waals surface area contributed by atoms with Crippen LogP contribution in [0.15, 0.2) is 53.5 Å². The molecule has 2 aromatic rings. The Labute approximate surface area is 172 Å². The highest BCUT2D eigenvalue weighted by Gasteiger charge is 2.49. The van der Waals surface area contributed by atoms with Crippen LogP contribution in [-0.4, -0.2) is 49.4 Å². The maximum Gasteiger partial charge on any atom is 0.279 e. The highest BCUT2D eigenvalue weighted by molar-refractivity contribution is 8.16. The minimum absolute atomic E-state index is 0.0207. The first-order chi connectivity index (χ1) is 13.4. The van der Waals surface area contributed by atoms with Crippen LogP contribution in [0.3, 0.4) is 0 Å². The summed E-state index contributed by atoms with van der Waals surface area (Å²) in [6.07, 6.45) is 0. The molecule has 2 aromatic carbocycles. The molecule has 2 aliphatic rings. The van der Waals surface area contributed by atoms with Crippen molar-refractivity contribution in [2.24, 2.45) is 4.99 Å². The quantitative estimate of drug-likeness (QED) is 0.735. The second-order valence-corrected chi connectivity index (χ2v) is 10.3. The van der Waals surface area contributed by atoms with E-state index >= 15 is 0 Å². The van der Waals surface area contributed by atoms with Crippen molar-refractivity contribution < 1.29 is 17.9 Å². The number of methoxy groups -OCH3 is 1. The smallest absolute Gasteiger partial charge is 0.279 e. The molecule has 9 heteroatoms. The normalized spacial score (nSPS) is 24.4. The summed E-state index contributed by atoms with van der Waals surface area (Å²) >= 11 is 7.60. The Morgan fingerprint density at radius 2 is 1.96 bits per heavy atom. The van der Waals surface area contributed by atoms with Crippen LogP contribution in [-0.2, 0) is 9.84 Å². The van der Waals surface area contributed by atoms with Gasteiger partial charge in [0.15, 0.2) is 15.0 Å². The van der Waals surface area contributed by atoms with E-state index in [2.05, 4.69) is 4.99 Å². The summed E-state index contributed by atoms with van der Waals surface area (Å²) in [5, 5.41) is 0.719. The lowest BCUT2D eigenvalue weighted by atomic mass is 10.2. The predicted molar refractivity (Wildman–Crippen MR) is 113 cm³/mol. The third-order valence-electron chi connectivity index (χ3n) is 4.70. The second kappa shape index (κ2) is 7.42. The number of benzene rings is 2. The number of ether oxygens (including phenoxy) is 1. The number of anilines is 1. The standard InChI is InChI=1S/C19H17ClN2O4S2/c1-26-16-8-7-13(9-14(16)20)22-15-10-28(24,25)11-17(15)27-19(22)21-18(23)12-5-3-2-4-6-12/h2-9,15,17H,10-11H2,1H3. The number of carbonyl (C=O) groups is 1. The number of carbonyl (C=O) groups excluding carboxylic acids is 1. The molecule has 0 saturated carbocycles. The van der Waals surface area contributed by atoms with Crippen molar-refractivity contribution in [3.8, 4) is 5.75 Å². The van der Waals surface area contributed by atoms with E-state index in [-0.39, 0.29) is 28.7 Å². The predicted octanol–water partition coefficient (Wildman–Crippen LogP) is 3.26. The van der Waals surface area contributed by atoms with Gasteiger partial charge >= 0.3 is 0 Å². The molecule has 146 valence electrons. The average molecular weight is 437 g/mol. The largest absolute Gasteiger partial charge is 0.495 e. The van der Waals surface area contributed by atoms with E-state index in [9.17, 15) is 13.2 Å². The van der Waals surface area contributed by atoms with Crippen LogP contribution in [0, 0.1) is 0 Å². The van der Waals surface area contributed by atoms with Crippen molar-refractivity contribution >= 4 is 50.0 Å². The van der Waals surface area contributed by atoms with Crippen molar-refractivity contribution in [3.63, 3.8) is 0 Å². The van der Waals surface area contributed by atoms with Gasteiger partial charge in [0.1, 0.15) is 5.75 Å². The molecule has 2 atom stereocenters. The number of rotatable bonds is 3. The molecule has 0 N–H and O–H groups in total. The first-order valence-electron chi connectivity index (χ1n) is 8.56. The van der Waals surface area contributed by atoms with Gasteiger partial charge in [0.05, 0.1) is 29.7 Å². The number of amidine groups is 1. The van der Waals surface area contributed by atoms with Crippen LogP contribution in [0.25, 0.3) is 0 Å². The molecular weight excluding hydrogens is 420 g/mol. The molecular formula is C19H17ClN2O4S2. The molecule has 6 nitrogen and oxygen atoms in total. The Morgan fingerprint density at radius 1 is 1.21 bits per heavy atom. The summed E-state index contributed by atoms with van der Waals surface area (Å²) < 4.78 is 29.5. The Balaban J connectivity index is 1.74. The van der Waals surface area contributed by atoms with Crippen LogP contribution in [0.5, 0.6) is 5.75 Å². The Bertz CT molecular complexity index is 1060. The van der Waals surface area contributed by atoms with Crippen molar-refractivity contribution in [2.45, 2.75) is 11.3 Å². The van der Waals surface area contributed by atoms with Gasteiger partial charge in [-0.1, -0.05) is 41.6 Å². The van der Waals surface area contributed by atoms with E-state index in [1.165, 1.54) is 18.9 Å². The molecule has 0 aliphatic carbocycles. The first-order valence-corrected chi connectivity index (χ1v) is 11.6. The minimum atomic E-state index is -3.13. The molecule has 0 radical (unpaired) electrons. The Morgan fingerprint density at radius 3 is 2.64 bits per heavy atom. The average Bonchev–Trinajstić information content (AvgIpc) is 3.13. The van der Waals surface area contributed by atoms with Gasteiger partial charge < -0.3 is 9.64 Å². The van der Waals surface area contributed by atoms with Gasteiger partial charge in [-0.3, -0.25) is 4.79 Å². The van der Waals surface area contributed by atoms with Crippen molar-refractivity contribution in [1.82, 2.24) is 0 Å². The molecule has 28 heavy (non-hydrogen) atoms. The van der Waals surface area contributed by atoms with Crippen molar-refractivity contribution in [3.05, 3.63) is 59.1 Å². The lowest BCUT2D eigenvalue weighted by Crippen LogP contribution is -2.37. The Kier molecular flexibility index (Phi) is 5.11. The molecule has 2 saturated heterocycles. The summed E-state index contributed by atoms with van der Waals surface area (Å²) in [4.78, 5) is 18.7. The third-order valence-corrected chi connectivity index (χ3v) is 8.20. The van der Waals surface area contributed by atoms with Crippen LogP contribution in [0.2, 0.25) is 5.02 Å². The Hall–Kier alpha value is -2.03. The van der Waals surface area contributed by atoms with E-state index in [1.54, 1.807) is 42.5 Å². The number of hydrogen-bond acceptors (Lipinski definition) is 5. The highest BCUT2D eigenvalue weighted by atomic mass is 35.5. The number of thioether (sulfide) groups is 1. The monoisotopic (exact) mass is 436 g/mol. The highest BCUT2D eigenvalue weighted by Crippen LogP contribution is 2.42. The fraction of sp³-hybridized carbons (Fsp3) is 0.263. The van der Waals surface area contributed by atoms with Gasteiger partial charge in [0, 0.05) is 16.5 Å². The summed E-state index contributed by atoms with van der Waals surface area (Å²) in [6.45, 7) is 0. The molecule has 0 bridgehead atoms. The third kappa shape index (κ3) is 3.64. The van der Waals surface area contributed by atoms with Crippen LogP contribution >= 0.6 is 23.4 Å². The zero-order valence-corrected chi connectivity index (χ0v) is 17.3. The van der Waals surface area contributed by atoms with Gasteiger partial charge in [0.25, 0.3) is 5.91 Å². The molecule has 2 fully saturated rings. The van der Waals surface area contributed by atoms with E-state index in [4.69, 9.17) is 16.3 Å². The zero-order valence-electron chi connectivity index (χ0n) is 14.9. The lowest BCUT2D eigenvalue weighted by Gasteiger charge is -2.25. The van der Waals surface area contributed by atoms with E-state index in [0.717, 1.165) is 0 Å². The number of halogens is 1. The van der Waals surface area contributed by atoms with Crippen molar-refractivity contribution in [2.75, 3.05) is 23.5 Å². The number of nitrogens with zero attached hydrogens (tertiary/aromatic N) is 2. The molecule has 2 aliphatic heterocycles. The zero-order chi connectivity index (χ0) is 19.9.